The molecule has 1 heterocycles. The van der Waals surface area contributed by atoms with Crippen molar-refractivity contribution in [2.45, 2.75) is 26.6 Å². The molecule has 0 aliphatic carbocycles. The minimum Gasteiger partial charge on any atom is -0.376 e. The van der Waals surface area contributed by atoms with Gasteiger partial charge in [-0.05, 0) is 17.0 Å². The van der Waals surface area contributed by atoms with Gasteiger partial charge < -0.3 is 15.4 Å². The van der Waals surface area contributed by atoms with Gasteiger partial charge in [-0.25, -0.2) is 0 Å². The number of aliphatic imine (C=N–C) groups is 1. The van der Waals surface area contributed by atoms with Crippen LogP contribution in [0.25, 0.3) is 0 Å². The van der Waals surface area contributed by atoms with Gasteiger partial charge in [-0.2, -0.15) is 5.10 Å². The van der Waals surface area contributed by atoms with Gasteiger partial charge in [-0.15, -0.1) is 24.0 Å². The van der Waals surface area contributed by atoms with E-state index in [9.17, 15) is 0 Å². The predicted octanol–water partition coefficient (Wildman–Crippen LogP) is 4.07. The molecular formula is C24H32IN5O. The first-order valence-corrected chi connectivity index (χ1v) is 10.3. The second-order valence-corrected chi connectivity index (χ2v) is 7.44. The number of benzene rings is 2. The van der Waals surface area contributed by atoms with E-state index >= 15 is 0 Å². The van der Waals surface area contributed by atoms with Crippen LogP contribution in [0.5, 0.6) is 0 Å². The van der Waals surface area contributed by atoms with Crippen LogP contribution in [-0.4, -0.2) is 35.9 Å². The van der Waals surface area contributed by atoms with Gasteiger partial charge in [0, 0.05) is 31.9 Å². The van der Waals surface area contributed by atoms with Crippen LogP contribution >= 0.6 is 24.0 Å². The van der Waals surface area contributed by atoms with E-state index in [0.29, 0.717) is 25.7 Å². The molecule has 1 atom stereocenters. The summed E-state index contributed by atoms with van der Waals surface area (Å²) >= 11 is 0. The minimum absolute atomic E-state index is 0. The van der Waals surface area contributed by atoms with Crippen molar-refractivity contribution in [3.63, 3.8) is 0 Å². The number of halogens is 1. The summed E-state index contributed by atoms with van der Waals surface area (Å²) in [6.45, 7) is 5.75. The van der Waals surface area contributed by atoms with Crippen LogP contribution in [0.4, 0.5) is 0 Å². The fourth-order valence-corrected chi connectivity index (χ4v) is 3.04. The maximum Gasteiger partial charge on any atom is 0.191 e. The lowest BCUT2D eigenvalue weighted by atomic mass is 10.2. The lowest BCUT2D eigenvalue weighted by molar-refractivity contribution is 0.0931. The summed E-state index contributed by atoms with van der Waals surface area (Å²) in [7, 11) is 1.78. The molecule has 1 aromatic heterocycles. The van der Waals surface area contributed by atoms with E-state index in [0.717, 1.165) is 24.6 Å². The molecule has 3 rings (SSSR count). The SMILES string of the molecule is CN=C(NCc1cnn(Cc2ccccc2)c1)NCC(C)COCc1ccccc1.I. The van der Waals surface area contributed by atoms with E-state index in [2.05, 4.69) is 58.1 Å². The lowest BCUT2D eigenvalue weighted by Crippen LogP contribution is -2.39. The first kappa shape index (κ1) is 24.9. The topological polar surface area (TPSA) is 63.5 Å². The molecule has 2 aromatic carbocycles. The van der Waals surface area contributed by atoms with Crippen molar-refractivity contribution in [3.05, 3.63) is 89.7 Å². The summed E-state index contributed by atoms with van der Waals surface area (Å²) < 4.78 is 7.77. The van der Waals surface area contributed by atoms with Gasteiger partial charge in [0.25, 0.3) is 0 Å². The monoisotopic (exact) mass is 533 g/mol. The van der Waals surface area contributed by atoms with Gasteiger partial charge in [0.1, 0.15) is 0 Å². The highest BCUT2D eigenvalue weighted by atomic mass is 127. The standard InChI is InChI=1S/C24H31N5O.HI/c1-20(18-30-19-22-11-7-4-8-12-22)13-26-24(25-2)27-14-23-15-28-29(17-23)16-21-9-5-3-6-10-21;/h3-12,15,17,20H,13-14,16,18-19H2,1-2H3,(H2,25,26,27);1H. The van der Waals surface area contributed by atoms with Crippen molar-refractivity contribution in [1.82, 2.24) is 20.4 Å². The Bertz CT molecular complexity index is 899. The molecule has 7 heteroatoms. The summed E-state index contributed by atoms with van der Waals surface area (Å²) in [5, 5.41) is 11.2. The van der Waals surface area contributed by atoms with Crippen LogP contribution in [0, 0.1) is 5.92 Å². The first-order valence-electron chi connectivity index (χ1n) is 10.3. The Morgan fingerprint density at radius 2 is 1.68 bits per heavy atom. The second-order valence-electron chi connectivity index (χ2n) is 7.44. The number of rotatable bonds is 10. The van der Waals surface area contributed by atoms with E-state index in [1.54, 1.807) is 7.05 Å². The average Bonchev–Trinajstić information content (AvgIpc) is 3.22. The maximum absolute atomic E-state index is 5.82. The van der Waals surface area contributed by atoms with Crippen molar-refractivity contribution in [3.8, 4) is 0 Å². The van der Waals surface area contributed by atoms with Crippen LogP contribution in [-0.2, 0) is 24.4 Å². The normalized spacial score (nSPS) is 12.1. The summed E-state index contributed by atoms with van der Waals surface area (Å²) in [6, 6.07) is 20.6. The zero-order valence-corrected chi connectivity index (χ0v) is 20.5. The van der Waals surface area contributed by atoms with Gasteiger partial charge in [0.2, 0.25) is 0 Å². The molecule has 0 fully saturated rings. The Morgan fingerprint density at radius 1 is 1.00 bits per heavy atom. The molecule has 0 spiro atoms. The van der Waals surface area contributed by atoms with Crippen LogP contribution in [0.3, 0.4) is 0 Å². The molecule has 0 aliphatic heterocycles. The molecule has 1 unspecified atom stereocenters. The number of nitrogens with zero attached hydrogens (tertiary/aromatic N) is 3. The molecule has 0 amide bonds. The molecule has 0 aliphatic rings. The van der Waals surface area contributed by atoms with Crippen molar-refractivity contribution < 1.29 is 4.74 Å². The van der Waals surface area contributed by atoms with Gasteiger partial charge in [0.05, 0.1) is 26.0 Å². The van der Waals surface area contributed by atoms with Crippen LogP contribution < -0.4 is 10.6 Å². The third-order valence-corrected chi connectivity index (χ3v) is 4.69. The quantitative estimate of drug-likeness (QED) is 0.235. The molecule has 0 bridgehead atoms. The fraction of sp³-hybridized carbons (Fsp3) is 0.333. The molecule has 0 radical (unpaired) electrons. The minimum atomic E-state index is 0. The molecule has 166 valence electrons. The molecule has 31 heavy (non-hydrogen) atoms. The number of ether oxygens (including phenoxy) is 1. The Hall–Kier alpha value is -2.39. The number of hydrogen-bond acceptors (Lipinski definition) is 3. The molecule has 2 N–H and O–H groups in total. The third kappa shape index (κ3) is 9.10. The molecular weight excluding hydrogens is 501 g/mol. The Labute approximate surface area is 202 Å². The van der Waals surface area contributed by atoms with Gasteiger partial charge in [-0.3, -0.25) is 9.67 Å². The summed E-state index contributed by atoms with van der Waals surface area (Å²) in [6.07, 6.45) is 3.95. The van der Waals surface area contributed by atoms with Gasteiger partial charge in [-0.1, -0.05) is 67.6 Å². The number of aromatic nitrogens is 2. The van der Waals surface area contributed by atoms with Gasteiger partial charge >= 0.3 is 0 Å². The Morgan fingerprint density at radius 3 is 2.35 bits per heavy atom. The van der Waals surface area contributed by atoms with E-state index in [1.165, 1.54) is 11.1 Å². The summed E-state index contributed by atoms with van der Waals surface area (Å²) in [5.41, 5.74) is 3.55. The Kier molecular flexibility index (Phi) is 11.1. The van der Waals surface area contributed by atoms with Crippen LogP contribution in [0.1, 0.15) is 23.6 Å². The van der Waals surface area contributed by atoms with E-state index in [1.807, 2.05) is 47.3 Å². The third-order valence-electron chi connectivity index (χ3n) is 4.69. The summed E-state index contributed by atoms with van der Waals surface area (Å²) in [4.78, 5) is 4.30. The van der Waals surface area contributed by atoms with Crippen molar-refractivity contribution >= 4 is 29.9 Å². The number of hydrogen-bond donors (Lipinski definition) is 2. The molecule has 3 aromatic rings. The first-order chi connectivity index (χ1) is 14.7. The molecule has 6 nitrogen and oxygen atoms in total. The zero-order valence-electron chi connectivity index (χ0n) is 18.2. The second kappa shape index (κ2) is 13.8. The molecule has 0 saturated heterocycles. The smallest absolute Gasteiger partial charge is 0.191 e. The van der Waals surface area contributed by atoms with Crippen molar-refractivity contribution in [1.29, 1.82) is 0 Å². The highest BCUT2D eigenvalue weighted by Gasteiger charge is 2.06. The zero-order chi connectivity index (χ0) is 21.0. The lowest BCUT2D eigenvalue weighted by Gasteiger charge is -2.16. The fourth-order valence-electron chi connectivity index (χ4n) is 3.04. The largest absolute Gasteiger partial charge is 0.376 e. The predicted molar refractivity (Wildman–Crippen MR) is 137 cm³/mol. The van der Waals surface area contributed by atoms with Crippen LogP contribution in [0.15, 0.2) is 78.0 Å². The molecule has 0 saturated carbocycles. The average molecular weight is 533 g/mol. The van der Waals surface area contributed by atoms with Crippen molar-refractivity contribution in [2.24, 2.45) is 10.9 Å². The maximum atomic E-state index is 5.82. The van der Waals surface area contributed by atoms with E-state index in [4.69, 9.17) is 4.74 Å². The van der Waals surface area contributed by atoms with Gasteiger partial charge in [0.15, 0.2) is 5.96 Å². The highest BCUT2D eigenvalue weighted by Crippen LogP contribution is 2.05. The van der Waals surface area contributed by atoms with Crippen molar-refractivity contribution in [2.75, 3.05) is 20.2 Å². The van der Waals surface area contributed by atoms with E-state index in [-0.39, 0.29) is 24.0 Å². The number of nitrogens with one attached hydrogen (secondary N) is 2. The highest BCUT2D eigenvalue weighted by molar-refractivity contribution is 14.0. The number of guanidine groups is 1. The van der Waals surface area contributed by atoms with Crippen LogP contribution in [0.2, 0.25) is 0 Å². The summed E-state index contributed by atoms with van der Waals surface area (Å²) in [5.74, 6) is 1.15. The Balaban J connectivity index is 0.00000341. The van der Waals surface area contributed by atoms with E-state index < -0.39 is 0 Å².